The highest BCUT2D eigenvalue weighted by atomic mass is 32.2. The van der Waals surface area contributed by atoms with E-state index in [-0.39, 0.29) is 23.5 Å². The van der Waals surface area contributed by atoms with Gasteiger partial charge in [0.05, 0.1) is 18.1 Å². The number of ether oxygens (including phenoxy) is 1. The maximum Gasteiger partial charge on any atom is 0.254 e. The molecule has 1 atom stereocenters. The van der Waals surface area contributed by atoms with Crippen molar-refractivity contribution in [1.29, 1.82) is 0 Å². The molecule has 0 saturated carbocycles. The van der Waals surface area contributed by atoms with Gasteiger partial charge in [-0.25, -0.2) is 8.42 Å². The summed E-state index contributed by atoms with van der Waals surface area (Å²) in [5.41, 5.74) is 0.582. The molecule has 25 heavy (non-hydrogen) atoms. The highest BCUT2D eigenvalue weighted by Crippen LogP contribution is 2.21. The van der Waals surface area contributed by atoms with Crippen LogP contribution in [0.5, 0.6) is 5.75 Å². The second-order valence-electron chi connectivity index (χ2n) is 6.64. The van der Waals surface area contributed by atoms with Crippen LogP contribution >= 0.6 is 0 Å². The molecule has 1 aromatic carbocycles. The summed E-state index contributed by atoms with van der Waals surface area (Å²) in [5, 5.41) is 0. The number of hydrogen-bond acceptors (Lipinski definition) is 4. The first-order valence-electron chi connectivity index (χ1n) is 9.21. The van der Waals surface area contributed by atoms with Crippen LogP contribution in [0.15, 0.2) is 24.3 Å². The minimum absolute atomic E-state index is 0.0807. The summed E-state index contributed by atoms with van der Waals surface area (Å²) in [7, 11) is -3.01. The Morgan fingerprint density at radius 3 is 2.44 bits per heavy atom. The van der Waals surface area contributed by atoms with Gasteiger partial charge in [-0.2, -0.15) is 0 Å². The standard InChI is InChI=1S/C19H29NO4S/c1-3-5-6-13-24-18-9-7-16(8-10-18)19(21)20(12-4-2)17-11-14-25(22,23)15-17/h7-10,17H,3-6,11-15H2,1-2H3. The summed E-state index contributed by atoms with van der Waals surface area (Å²) >= 11 is 0. The molecule has 0 N–H and O–H groups in total. The van der Waals surface area contributed by atoms with Gasteiger partial charge in [0, 0.05) is 18.2 Å². The smallest absolute Gasteiger partial charge is 0.254 e. The third-order valence-corrected chi connectivity index (χ3v) is 6.24. The summed E-state index contributed by atoms with van der Waals surface area (Å²) in [6.07, 6.45) is 4.67. The third kappa shape index (κ3) is 5.73. The van der Waals surface area contributed by atoms with E-state index in [9.17, 15) is 13.2 Å². The Kier molecular flexibility index (Phi) is 7.29. The van der Waals surface area contributed by atoms with Crippen LogP contribution in [0.1, 0.15) is 56.3 Å². The Balaban J connectivity index is 2.01. The van der Waals surface area contributed by atoms with Crippen LogP contribution in [0.4, 0.5) is 0 Å². The molecule has 5 nitrogen and oxygen atoms in total. The van der Waals surface area contributed by atoms with Gasteiger partial charge in [0.15, 0.2) is 9.84 Å². The molecule has 1 saturated heterocycles. The molecule has 140 valence electrons. The average molecular weight is 368 g/mol. The lowest BCUT2D eigenvalue weighted by Crippen LogP contribution is -2.41. The number of benzene rings is 1. The number of carbonyl (C=O) groups is 1. The van der Waals surface area contributed by atoms with Crippen LogP contribution in [0.25, 0.3) is 0 Å². The minimum atomic E-state index is -3.01. The zero-order valence-corrected chi connectivity index (χ0v) is 16.1. The van der Waals surface area contributed by atoms with E-state index in [1.54, 1.807) is 17.0 Å². The number of nitrogens with zero attached hydrogens (tertiary/aromatic N) is 1. The van der Waals surface area contributed by atoms with Crippen LogP contribution < -0.4 is 4.74 Å². The van der Waals surface area contributed by atoms with E-state index in [1.807, 2.05) is 19.1 Å². The molecule has 2 rings (SSSR count). The topological polar surface area (TPSA) is 63.7 Å². The maximum atomic E-state index is 12.8. The number of hydrogen-bond donors (Lipinski definition) is 0. The molecule has 1 aromatic rings. The summed E-state index contributed by atoms with van der Waals surface area (Å²) < 4.78 is 29.2. The molecule has 0 spiro atoms. The minimum Gasteiger partial charge on any atom is -0.494 e. The van der Waals surface area contributed by atoms with Crippen molar-refractivity contribution in [2.24, 2.45) is 0 Å². The lowest BCUT2D eigenvalue weighted by atomic mass is 10.1. The quantitative estimate of drug-likeness (QED) is 0.628. The van der Waals surface area contributed by atoms with Crippen molar-refractivity contribution in [1.82, 2.24) is 4.90 Å². The molecule has 1 fully saturated rings. The fourth-order valence-corrected chi connectivity index (χ4v) is 4.84. The summed E-state index contributed by atoms with van der Waals surface area (Å²) in [6, 6.07) is 6.96. The lowest BCUT2D eigenvalue weighted by molar-refractivity contribution is 0.0697. The van der Waals surface area contributed by atoms with E-state index in [0.717, 1.165) is 31.4 Å². The van der Waals surface area contributed by atoms with Gasteiger partial charge in [-0.1, -0.05) is 26.7 Å². The van der Waals surface area contributed by atoms with Crippen molar-refractivity contribution < 1.29 is 17.9 Å². The summed E-state index contributed by atoms with van der Waals surface area (Å²) in [6.45, 7) is 5.41. The molecule has 1 amide bonds. The fraction of sp³-hybridized carbons (Fsp3) is 0.632. The first kappa shape index (κ1) is 19.8. The van der Waals surface area contributed by atoms with Gasteiger partial charge < -0.3 is 9.64 Å². The number of sulfone groups is 1. The van der Waals surface area contributed by atoms with E-state index >= 15 is 0 Å². The third-order valence-electron chi connectivity index (χ3n) is 4.49. The predicted molar refractivity (Wildman–Crippen MR) is 99.8 cm³/mol. The van der Waals surface area contributed by atoms with Crippen LogP contribution in [-0.4, -0.2) is 49.9 Å². The molecular formula is C19H29NO4S. The van der Waals surface area contributed by atoms with E-state index in [1.165, 1.54) is 0 Å². The first-order valence-corrected chi connectivity index (χ1v) is 11.0. The van der Waals surface area contributed by atoms with Crippen molar-refractivity contribution in [3.05, 3.63) is 29.8 Å². The normalized spacial score (nSPS) is 18.9. The Bertz CT molecular complexity index is 655. The predicted octanol–water partition coefficient (Wildman–Crippen LogP) is 3.29. The second kappa shape index (κ2) is 9.22. The van der Waals surface area contributed by atoms with Crippen molar-refractivity contribution in [3.63, 3.8) is 0 Å². The second-order valence-corrected chi connectivity index (χ2v) is 8.86. The fourth-order valence-electron chi connectivity index (χ4n) is 3.11. The van der Waals surface area contributed by atoms with Gasteiger partial charge >= 0.3 is 0 Å². The van der Waals surface area contributed by atoms with Crippen molar-refractivity contribution >= 4 is 15.7 Å². The molecule has 1 aliphatic heterocycles. The number of amides is 1. The van der Waals surface area contributed by atoms with Crippen molar-refractivity contribution in [2.75, 3.05) is 24.7 Å². The Morgan fingerprint density at radius 2 is 1.88 bits per heavy atom. The SMILES string of the molecule is CCCCCOc1ccc(C(=O)N(CCC)C2CCS(=O)(=O)C2)cc1. The molecule has 0 radical (unpaired) electrons. The molecule has 1 heterocycles. The zero-order valence-electron chi connectivity index (χ0n) is 15.2. The van der Waals surface area contributed by atoms with Crippen LogP contribution in [0.2, 0.25) is 0 Å². The molecule has 0 aromatic heterocycles. The van der Waals surface area contributed by atoms with Crippen LogP contribution in [-0.2, 0) is 9.84 Å². The Hall–Kier alpha value is -1.56. The zero-order chi connectivity index (χ0) is 18.3. The van der Waals surface area contributed by atoms with E-state index in [4.69, 9.17) is 4.74 Å². The highest BCUT2D eigenvalue weighted by Gasteiger charge is 2.34. The molecule has 6 heteroatoms. The molecule has 1 aliphatic rings. The average Bonchev–Trinajstić information content (AvgIpc) is 2.96. The monoisotopic (exact) mass is 367 g/mol. The van der Waals surface area contributed by atoms with Crippen LogP contribution in [0, 0.1) is 0 Å². The van der Waals surface area contributed by atoms with Gasteiger partial charge in [0.2, 0.25) is 0 Å². The number of carbonyl (C=O) groups excluding carboxylic acids is 1. The Morgan fingerprint density at radius 1 is 1.16 bits per heavy atom. The maximum absolute atomic E-state index is 12.8. The largest absolute Gasteiger partial charge is 0.494 e. The summed E-state index contributed by atoms with van der Waals surface area (Å²) in [4.78, 5) is 14.6. The van der Waals surface area contributed by atoms with Gasteiger partial charge in [0.25, 0.3) is 5.91 Å². The summed E-state index contributed by atoms with van der Waals surface area (Å²) in [5.74, 6) is 0.923. The van der Waals surface area contributed by atoms with Gasteiger partial charge in [-0.3, -0.25) is 4.79 Å². The number of rotatable bonds is 9. The number of unbranched alkanes of at least 4 members (excludes halogenated alkanes) is 2. The lowest BCUT2D eigenvalue weighted by Gasteiger charge is -2.28. The first-order chi connectivity index (χ1) is 12.0. The molecule has 1 unspecified atom stereocenters. The Labute approximate surface area is 151 Å². The molecular weight excluding hydrogens is 338 g/mol. The van der Waals surface area contributed by atoms with E-state index in [2.05, 4.69) is 6.92 Å². The van der Waals surface area contributed by atoms with E-state index in [0.29, 0.717) is 25.1 Å². The highest BCUT2D eigenvalue weighted by molar-refractivity contribution is 7.91. The van der Waals surface area contributed by atoms with E-state index < -0.39 is 9.84 Å². The van der Waals surface area contributed by atoms with Crippen LogP contribution in [0.3, 0.4) is 0 Å². The van der Waals surface area contributed by atoms with Crippen molar-refractivity contribution in [3.8, 4) is 5.75 Å². The van der Waals surface area contributed by atoms with Gasteiger partial charge in [-0.15, -0.1) is 0 Å². The van der Waals surface area contributed by atoms with Gasteiger partial charge in [-0.05, 0) is 43.5 Å². The molecule has 0 bridgehead atoms. The van der Waals surface area contributed by atoms with Gasteiger partial charge in [0.1, 0.15) is 5.75 Å². The van der Waals surface area contributed by atoms with Crippen molar-refractivity contribution in [2.45, 2.75) is 52.0 Å². The molecule has 0 aliphatic carbocycles.